The van der Waals surface area contributed by atoms with Gasteiger partial charge in [0.1, 0.15) is 0 Å². The molecule has 1 atom stereocenters. The number of hydrogen-bond donors (Lipinski definition) is 2. The number of hydrogen-bond acceptors (Lipinski definition) is 4. The standard InChI is InChI=1S/C15H19NO4S/c17-14(18)7-5-12-4-6-13(21-12)15(19)16-9-8-11-3-1-2-10-20-11/h4-7,11H,1-3,8-10H2,(H,16,19)(H,17,18)/b7-5+. The summed E-state index contributed by atoms with van der Waals surface area (Å²) in [5.41, 5.74) is 0. The molecule has 1 aromatic rings. The molecule has 6 heteroatoms. The molecule has 1 unspecified atom stereocenters. The largest absolute Gasteiger partial charge is 0.478 e. The van der Waals surface area contributed by atoms with Gasteiger partial charge in [-0.3, -0.25) is 4.79 Å². The van der Waals surface area contributed by atoms with Gasteiger partial charge in [0, 0.05) is 24.1 Å². The molecule has 0 spiro atoms. The molecule has 0 saturated carbocycles. The predicted octanol–water partition coefficient (Wildman–Crippen LogP) is 2.53. The Labute approximate surface area is 127 Å². The van der Waals surface area contributed by atoms with Crippen molar-refractivity contribution in [2.45, 2.75) is 31.8 Å². The average Bonchev–Trinajstić information content (AvgIpc) is 2.95. The smallest absolute Gasteiger partial charge is 0.328 e. The van der Waals surface area contributed by atoms with E-state index >= 15 is 0 Å². The van der Waals surface area contributed by atoms with Gasteiger partial charge in [0.15, 0.2) is 0 Å². The van der Waals surface area contributed by atoms with Gasteiger partial charge in [-0.2, -0.15) is 0 Å². The molecule has 1 aliphatic heterocycles. The van der Waals surface area contributed by atoms with Crippen LogP contribution in [-0.4, -0.2) is 36.2 Å². The summed E-state index contributed by atoms with van der Waals surface area (Å²) in [6, 6.07) is 3.45. The second kappa shape index (κ2) is 7.95. The van der Waals surface area contributed by atoms with Gasteiger partial charge in [-0.05, 0) is 43.9 Å². The highest BCUT2D eigenvalue weighted by Crippen LogP contribution is 2.18. The summed E-state index contributed by atoms with van der Waals surface area (Å²) < 4.78 is 5.61. The van der Waals surface area contributed by atoms with Gasteiger partial charge in [0.25, 0.3) is 5.91 Å². The van der Waals surface area contributed by atoms with Gasteiger partial charge in [0.2, 0.25) is 0 Å². The molecule has 0 bridgehead atoms. The summed E-state index contributed by atoms with van der Waals surface area (Å²) in [5, 5.41) is 11.4. The molecule has 5 nitrogen and oxygen atoms in total. The monoisotopic (exact) mass is 309 g/mol. The van der Waals surface area contributed by atoms with Crippen molar-refractivity contribution in [2.75, 3.05) is 13.2 Å². The van der Waals surface area contributed by atoms with Crippen molar-refractivity contribution in [3.05, 3.63) is 28.0 Å². The zero-order valence-electron chi connectivity index (χ0n) is 11.7. The lowest BCUT2D eigenvalue weighted by atomic mass is 10.1. The Bertz CT molecular complexity index is 517. The molecule has 1 aliphatic rings. The SMILES string of the molecule is O=C(O)/C=C/c1ccc(C(=O)NCCC2CCCCO2)s1. The van der Waals surface area contributed by atoms with Crippen LogP contribution < -0.4 is 5.32 Å². The Hall–Kier alpha value is -1.66. The van der Waals surface area contributed by atoms with E-state index in [1.165, 1.54) is 23.8 Å². The van der Waals surface area contributed by atoms with E-state index < -0.39 is 5.97 Å². The van der Waals surface area contributed by atoms with E-state index in [4.69, 9.17) is 9.84 Å². The average molecular weight is 309 g/mol. The molecule has 114 valence electrons. The number of amides is 1. The number of nitrogens with one attached hydrogen (secondary N) is 1. The maximum absolute atomic E-state index is 12.0. The highest BCUT2D eigenvalue weighted by Gasteiger charge is 2.14. The summed E-state index contributed by atoms with van der Waals surface area (Å²) in [5.74, 6) is -1.12. The Morgan fingerprint density at radius 2 is 2.29 bits per heavy atom. The number of rotatable bonds is 6. The fraction of sp³-hybridized carbons (Fsp3) is 0.467. The number of carboxylic acids is 1. The third-order valence-corrected chi connectivity index (χ3v) is 4.32. The highest BCUT2D eigenvalue weighted by molar-refractivity contribution is 7.14. The molecule has 2 N–H and O–H groups in total. The fourth-order valence-electron chi connectivity index (χ4n) is 2.19. The lowest BCUT2D eigenvalue weighted by Crippen LogP contribution is -2.28. The van der Waals surface area contributed by atoms with Crippen LogP contribution in [-0.2, 0) is 9.53 Å². The van der Waals surface area contributed by atoms with E-state index in [1.807, 2.05) is 0 Å². The molecule has 1 amide bonds. The van der Waals surface area contributed by atoms with Crippen LogP contribution in [0.1, 0.15) is 40.2 Å². The minimum Gasteiger partial charge on any atom is -0.478 e. The molecule has 1 aromatic heterocycles. The molecular formula is C15H19NO4S. The first kappa shape index (κ1) is 15.7. The summed E-state index contributed by atoms with van der Waals surface area (Å²) in [7, 11) is 0. The van der Waals surface area contributed by atoms with E-state index in [2.05, 4.69) is 5.32 Å². The molecule has 21 heavy (non-hydrogen) atoms. The Balaban J connectivity index is 1.76. The normalized spacial score (nSPS) is 18.8. The fourth-order valence-corrected chi connectivity index (χ4v) is 3.01. The molecule has 1 fully saturated rings. The van der Waals surface area contributed by atoms with Crippen molar-refractivity contribution in [1.82, 2.24) is 5.32 Å². The van der Waals surface area contributed by atoms with Gasteiger partial charge in [-0.15, -0.1) is 11.3 Å². The lowest BCUT2D eigenvalue weighted by molar-refractivity contribution is -0.131. The third kappa shape index (κ3) is 5.32. The van der Waals surface area contributed by atoms with E-state index in [-0.39, 0.29) is 12.0 Å². The molecule has 2 heterocycles. The van der Waals surface area contributed by atoms with Crippen LogP contribution in [0.4, 0.5) is 0 Å². The highest BCUT2D eigenvalue weighted by atomic mass is 32.1. The summed E-state index contributed by atoms with van der Waals surface area (Å²) in [6.07, 6.45) is 7.04. The van der Waals surface area contributed by atoms with Crippen LogP contribution in [0.25, 0.3) is 6.08 Å². The van der Waals surface area contributed by atoms with Gasteiger partial charge in [-0.1, -0.05) is 0 Å². The Morgan fingerprint density at radius 3 is 3.00 bits per heavy atom. The van der Waals surface area contributed by atoms with Crippen molar-refractivity contribution in [2.24, 2.45) is 0 Å². The van der Waals surface area contributed by atoms with Crippen molar-refractivity contribution >= 4 is 29.3 Å². The Morgan fingerprint density at radius 1 is 1.43 bits per heavy atom. The number of thiophene rings is 1. The zero-order valence-corrected chi connectivity index (χ0v) is 12.5. The van der Waals surface area contributed by atoms with E-state index in [0.717, 1.165) is 36.8 Å². The van der Waals surface area contributed by atoms with Crippen LogP contribution in [0, 0.1) is 0 Å². The topological polar surface area (TPSA) is 75.6 Å². The van der Waals surface area contributed by atoms with Crippen molar-refractivity contribution in [1.29, 1.82) is 0 Å². The van der Waals surface area contributed by atoms with E-state index in [9.17, 15) is 9.59 Å². The van der Waals surface area contributed by atoms with Crippen molar-refractivity contribution in [3.8, 4) is 0 Å². The van der Waals surface area contributed by atoms with Crippen molar-refractivity contribution in [3.63, 3.8) is 0 Å². The molecular weight excluding hydrogens is 290 g/mol. The number of carbonyl (C=O) groups excluding carboxylic acids is 1. The van der Waals surface area contributed by atoms with Gasteiger partial charge >= 0.3 is 5.97 Å². The lowest BCUT2D eigenvalue weighted by Gasteiger charge is -2.22. The summed E-state index contributed by atoms with van der Waals surface area (Å²) >= 11 is 1.28. The molecule has 1 saturated heterocycles. The van der Waals surface area contributed by atoms with E-state index in [1.54, 1.807) is 12.1 Å². The van der Waals surface area contributed by atoms with Crippen LogP contribution in [0.2, 0.25) is 0 Å². The maximum Gasteiger partial charge on any atom is 0.328 e. The second-order valence-electron chi connectivity index (χ2n) is 4.91. The predicted molar refractivity (Wildman–Crippen MR) is 81.5 cm³/mol. The number of carboxylic acid groups (broad SMARTS) is 1. The molecule has 0 radical (unpaired) electrons. The summed E-state index contributed by atoms with van der Waals surface area (Å²) in [6.45, 7) is 1.42. The molecule has 0 aromatic carbocycles. The van der Waals surface area contributed by atoms with Gasteiger partial charge in [-0.25, -0.2) is 4.79 Å². The third-order valence-electron chi connectivity index (χ3n) is 3.27. The zero-order chi connectivity index (χ0) is 15.1. The molecule has 2 rings (SSSR count). The molecule has 0 aliphatic carbocycles. The number of carbonyl (C=O) groups is 2. The minimum absolute atomic E-state index is 0.120. The second-order valence-corrected chi connectivity index (χ2v) is 6.02. The van der Waals surface area contributed by atoms with Crippen LogP contribution in [0.15, 0.2) is 18.2 Å². The van der Waals surface area contributed by atoms with E-state index in [0.29, 0.717) is 11.4 Å². The minimum atomic E-state index is -0.998. The quantitative estimate of drug-likeness (QED) is 0.792. The van der Waals surface area contributed by atoms with Gasteiger partial charge in [0.05, 0.1) is 11.0 Å². The van der Waals surface area contributed by atoms with Crippen LogP contribution in [0.3, 0.4) is 0 Å². The van der Waals surface area contributed by atoms with Crippen LogP contribution in [0.5, 0.6) is 0 Å². The number of aliphatic carboxylic acids is 1. The first-order chi connectivity index (χ1) is 10.1. The first-order valence-corrected chi connectivity index (χ1v) is 7.87. The van der Waals surface area contributed by atoms with Gasteiger partial charge < -0.3 is 15.2 Å². The summed E-state index contributed by atoms with van der Waals surface area (Å²) in [4.78, 5) is 23.7. The van der Waals surface area contributed by atoms with Crippen molar-refractivity contribution < 1.29 is 19.4 Å². The number of ether oxygens (including phenoxy) is 1. The van der Waals surface area contributed by atoms with Crippen LogP contribution >= 0.6 is 11.3 Å². The Kier molecular flexibility index (Phi) is 5.95. The maximum atomic E-state index is 12.0. The first-order valence-electron chi connectivity index (χ1n) is 7.06.